The van der Waals surface area contributed by atoms with E-state index in [1.165, 1.54) is 0 Å². The first kappa shape index (κ1) is 19.5. The predicted molar refractivity (Wildman–Crippen MR) is 83.6 cm³/mol. The van der Waals surface area contributed by atoms with Crippen molar-refractivity contribution in [3.63, 3.8) is 0 Å². The molecule has 0 saturated carbocycles. The van der Waals surface area contributed by atoms with Crippen LogP contribution in [0.25, 0.3) is 0 Å². The van der Waals surface area contributed by atoms with Crippen molar-refractivity contribution in [1.29, 1.82) is 0 Å². The molecule has 0 unspecified atom stereocenters. The van der Waals surface area contributed by atoms with Crippen molar-refractivity contribution < 1.29 is 20.4 Å². The third-order valence-corrected chi connectivity index (χ3v) is 5.85. The van der Waals surface area contributed by atoms with Crippen LogP contribution in [0.5, 0.6) is 0 Å². The second-order valence-corrected chi connectivity index (χ2v) is 7.35. The van der Waals surface area contributed by atoms with Crippen LogP contribution in [0.3, 0.4) is 0 Å². The van der Waals surface area contributed by atoms with E-state index in [4.69, 9.17) is 5.11 Å². The van der Waals surface area contributed by atoms with E-state index in [9.17, 15) is 15.3 Å². The lowest BCUT2D eigenvalue weighted by atomic mass is 10.1. The molecule has 6 heteroatoms. The maximum atomic E-state index is 10.1. The summed E-state index contributed by atoms with van der Waals surface area (Å²) < 4.78 is -0.158. The third-order valence-electron chi connectivity index (χ3n) is 2.77. The smallest absolute Gasteiger partial charge is 0.110 e. The minimum atomic E-state index is -1.29. The molecular formula is C13H28O4S2. The van der Waals surface area contributed by atoms with Crippen LogP contribution in [0.1, 0.15) is 39.5 Å². The maximum Gasteiger partial charge on any atom is 0.110 e. The van der Waals surface area contributed by atoms with Gasteiger partial charge in [0.25, 0.3) is 0 Å². The molecule has 0 rings (SSSR count). The molecule has 4 nitrogen and oxygen atoms in total. The third kappa shape index (κ3) is 8.42. The molecule has 19 heavy (non-hydrogen) atoms. The van der Waals surface area contributed by atoms with Crippen LogP contribution in [0, 0.1) is 0 Å². The molecule has 4 N–H and O–H groups in total. The average Bonchev–Trinajstić information content (AvgIpc) is 2.43. The van der Waals surface area contributed by atoms with Gasteiger partial charge in [-0.15, -0.1) is 23.5 Å². The van der Waals surface area contributed by atoms with Crippen molar-refractivity contribution in [2.24, 2.45) is 0 Å². The van der Waals surface area contributed by atoms with E-state index in [1.807, 2.05) is 0 Å². The monoisotopic (exact) mass is 312 g/mol. The van der Waals surface area contributed by atoms with E-state index in [1.54, 1.807) is 23.5 Å². The maximum absolute atomic E-state index is 10.1. The normalized spacial score (nSPS) is 16.6. The summed E-state index contributed by atoms with van der Waals surface area (Å²) in [7, 11) is 0. The summed E-state index contributed by atoms with van der Waals surface area (Å²) in [6.45, 7) is 3.69. The first-order chi connectivity index (χ1) is 9.08. The van der Waals surface area contributed by atoms with Gasteiger partial charge in [-0.3, -0.25) is 0 Å². The fourth-order valence-electron chi connectivity index (χ4n) is 1.43. The standard InChI is InChI=1S/C13H28O4S2/c1-3-5-7-18-13(19-8-6-4-2)12(17)11(16)10(15)9-14/h10-17H,3-9H2,1-2H3/t10-,11-,12-/m0/s1. The first-order valence-corrected chi connectivity index (χ1v) is 9.06. The van der Waals surface area contributed by atoms with Crippen molar-refractivity contribution in [1.82, 2.24) is 0 Å². The first-order valence-electron chi connectivity index (χ1n) is 6.96. The highest BCUT2D eigenvalue weighted by molar-refractivity contribution is 8.17. The van der Waals surface area contributed by atoms with Crippen molar-refractivity contribution in [2.75, 3.05) is 18.1 Å². The minimum absolute atomic E-state index is 0.158. The van der Waals surface area contributed by atoms with Gasteiger partial charge in [0.05, 0.1) is 11.2 Å². The van der Waals surface area contributed by atoms with Crippen LogP contribution in [-0.2, 0) is 0 Å². The molecule has 0 spiro atoms. The van der Waals surface area contributed by atoms with Gasteiger partial charge in [0.2, 0.25) is 0 Å². The Labute approximate surface area is 125 Å². The lowest BCUT2D eigenvalue weighted by molar-refractivity contribution is -0.0706. The summed E-state index contributed by atoms with van der Waals surface area (Å²) in [5, 5.41) is 38.1. The van der Waals surface area contributed by atoms with Gasteiger partial charge in [-0.1, -0.05) is 26.7 Å². The van der Waals surface area contributed by atoms with Gasteiger partial charge in [0.1, 0.15) is 18.3 Å². The molecule has 0 aromatic rings. The molecule has 0 aliphatic rings. The van der Waals surface area contributed by atoms with Gasteiger partial charge in [0, 0.05) is 0 Å². The topological polar surface area (TPSA) is 80.9 Å². The van der Waals surface area contributed by atoms with Crippen LogP contribution >= 0.6 is 23.5 Å². The zero-order valence-corrected chi connectivity index (χ0v) is 13.5. The molecule has 0 saturated heterocycles. The highest BCUT2D eigenvalue weighted by Crippen LogP contribution is 2.30. The van der Waals surface area contributed by atoms with Crippen LogP contribution in [0.2, 0.25) is 0 Å². The average molecular weight is 312 g/mol. The Balaban J connectivity index is 4.33. The number of aliphatic hydroxyl groups excluding tert-OH is 4. The van der Waals surface area contributed by atoms with Gasteiger partial charge >= 0.3 is 0 Å². The van der Waals surface area contributed by atoms with Crippen LogP contribution < -0.4 is 0 Å². The zero-order chi connectivity index (χ0) is 14.7. The zero-order valence-electron chi connectivity index (χ0n) is 11.9. The molecule has 0 aromatic heterocycles. The molecule has 0 bridgehead atoms. The number of hydrogen-bond donors (Lipinski definition) is 4. The Kier molecular flexibility index (Phi) is 12.6. The van der Waals surface area contributed by atoms with Gasteiger partial charge < -0.3 is 20.4 Å². The number of rotatable bonds is 12. The fraction of sp³-hybridized carbons (Fsp3) is 1.00. The summed E-state index contributed by atoms with van der Waals surface area (Å²) in [5.74, 6) is 1.86. The molecule has 0 aliphatic carbocycles. The number of hydrogen-bond acceptors (Lipinski definition) is 6. The Morgan fingerprint density at radius 2 is 1.32 bits per heavy atom. The van der Waals surface area contributed by atoms with E-state index in [0.29, 0.717) is 0 Å². The predicted octanol–water partition coefficient (Wildman–Crippen LogP) is 1.45. The van der Waals surface area contributed by atoms with Crippen LogP contribution in [-0.4, -0.2) is 61.4 Å². The van der Waals surface area contributed by atoms with Gasteiger partial charge in [-0.05, 0) is 24.3 Å². The highest BCUT2D eigenvalue weighted by Gasteiger charge is 2.31. The van der Waals surface area contributed by atoms with Crippen molar-refractivity contribution in [2.45, 2.75) is 62.4 Å². The molecule has 0 aromatic carbocycles. The summed E-state index contributed by atoms with van der Waals surface area (Å²) in [4.78, 5) is 0. The summed E-state index contributed by atoms with van der Waals surface area (Å²) in [6, 6.07) is 0. The van der Waals surface area contributed by atoms with E-state index in [0.717, 1.165) is 37.2 Å². The quantitative estimate of drug-likeness (QED) is 0.323. The van der Waals surface area contributed by atoms with E-state index in [-0.39, 0.29) is 4.58 Å². The van der Waals surface area contributed by atoms with Gasteiger partial charge in [-0.25, -0.2) is 0 Å². The Morgan fingerprint density at radius 1 is 0.842 bits per heavy atom. The lowest BCUT2D eigenvalue weighted by Crippen LogP contribution is -2.44. The van der Waals surface area contributed by atoms with Crippen molar-refractivity contribution in [3.8, 4) is 0 Å². The van der Waals surface area contributed by atoms with Crippen molar-refractivity contribution in [3.05, 3.63) is 0 Å². The number of unbranched alkanes of at least 4 members (excludes halogenated alkanes) is 2. The molecule has 0 aliphatic heterocycles. The second kappa shape index (κ2) is 12.3. The van der Waals surface area contributed by atoms with Crippen LogP contribution in [0.15, 0.2) is 0 Å². The Morgan fingerprint density at radius 3 is 1.68 bits per heavy atom. The molecule has 3 atom stereocenters. The summed E-state index contributed by atoms with van der Waals surface area (Å²) >= 11 is 3.24. The molecule has 0 heterocycles. The molecule has 0 radical (unpaired) electrons. The molecule has 116 valence electrons. The summed E-state index contributed by atoms with van der Waals surface area (Å²) in [5.41, 5.74) is 0. The van der Waals surface area contributed by atoms with Gasteiger partial charge in [-0.2, -0.15) is 0 Å². The fourth-order valence-corrected chi connectivity index (χ4v) is 4.48. The van der Waals surface area contributed by atoms with E-state index in [2.05, 4.69) is 13.8 Å². The Hall–Kier alpha value is 0.540. The highest BCUT2D eigenvalue weighted by atomic mass is 32.2. The lowest BCUT2D eigenvalue weighted by Gasteiger charge is -2.28. The molecule has 0 amide bonds. The minimum Gasteiger partial charge on any atom is -0.394 e. The van der Waals surface area contributed by atoms with E-state index >= 15 is 0 Å². The van der Waals surface area contributed by atoms with E-state index < -0.39 is 24.9 Å². The summed E-state index contributed by atoms with van der Waals surface area (Å²) in [6.07, 6.45) is 0.733. The molecule has 0 fully saturated rings. The Bertz CT molecular complexity index is 197. The van der Waals surface area contributed by atoms with Crippen molar-refractivity contribution >= 4 is 23.5 Å². The number of aliphatic hydroxyl groups is 4. The van der Waals surface area contributed by atoms with Crippen LogP contribution in [0.4, 0.5) is 0 Å². The second-order valence-electron chi connectivity index (χ2n) is 4.55. The number of thioether (sulfide) groups is 2. The largest absolute Gasteiger partial charge is 0.394 e. The molecular weight excluding hydrogens is 284 g/mol. The SMILES string of the molecule is CCCCSC(SCCCC)[C@@H](O)[C@@H](O)[C@@H](O)CO. The van der Waals surface area contributed by atoms with Gasteiger partial charge in [0.15, 0.2) is 0 Å².